The second kappa shape index (κ2) is 7.81. The van der Waals surface area contributed by atoms with E-state index in [9.17, 15) is 9.18 Å². The highest BCUT2D eigenvalue weighted by Gasteiger charge is 2.09. The number of rotatable bonds is 5. The molecule has 0 saturated carbocycles. The zero-order valence-corrected chi connectivity index (χ0v) is 14.1. The molecule has 0 aromatic heterocycles. The van der Waals surface area contributed by atoms with Gasteiger partial charge in [-0.05, 0) is 29.8 Å². The fourth-order valence-electron chi connectivity index (χ4n) is 2.47. The first-order valence-electron chi connectivity index (χ1n) is 7.77. The molecule has 0 atom stereocenters. The highest BCUT2D eigenvalue weighted by molar-refractivity contribution is 6.33. The number of hydrogen-bond donors (Lipinski definition) is 2. The molecule has 0 unspecified atom stereocenters. The summed E-state index contributed by atoms with van der Waals surface area (Å²) in [5.74, 6) is -0.714. The Balaban J connectivity index is 1.69. The minimum atomic E-state index is -0.446. The Morgan fingerprint density at radius 2 is 1.64 bits per heavy atom. The summed E-state index contributed by atoms with van der Waals surface area (Å²) < 4.78 is 13.1. The molecule has 0 radical (unpaired) electrons. The molecule has 3 rings (SSSR count). The van der Waals surface area contributed by atoms with Crippen molar-refractivity contribution in [3.05, 3.63) is 83.6 Å². The fourth-order valence-corrected chi connectivity index (χ4v) is 2.68. The van der Waals surface area contributed by atoms with Gasteiger partial charge in [0.1, 0.15) is 5.82 Å². The molecule has 2 N–H and O–H groups in total. The molecule has 5 heteroatoms. The van der Waals surface area contributed by atoms with Gasteiger partial charge < -0.3 is 10.6 Å². The maximum absolute atomic E-state index is 13.1. The van der Waals surface area contributed by atoms with E-state index < -0.39 is 5.82 Å². The Kier molecular flexibility index (Phi) is 5.31. The maximum Gasteiger partial charge on any atom is 0.243 e. The molecule has 0 fully saturated rings. The zero-order chi connectivity index (χ0) is 17.6. The minimum absolute atomic E-state index is 0.0670. The molecule has 3 nitrogen and oxygen atoms in total. The van der Waals surface area contributed by atoms with Crippen molar-refractivity contribution >= 4 is 28.9 Å². The number of benzene rings is 3. The Hall–Kier alpha value is -2.85. The summed E-state index contributed by atoms with van der Waals surface area (Å²) in [5, 5.41) is 5.97. The Bertz CT molecular complexity index is 884. The predicted octanol–water partition coefficient (Wildman–Crippen LogP) is 5.20. The number of anilines is 2. The summed E-state index contributed by atoms with van der Waals surface area (Å²) in [6, 6.07) is 21.5. The summed E-state index contributed by atoms with van der Waals surface area (Å²) in [6.07, 6.45) is 0. The Morgan fingerprint density at radius 3 is 2.40 bits per heavy atom. The van der Waals surface area contributed by atoms with Crippen LogP contribution in [0, 0.1) is 5.82 Å². The molecule has 0 aliphatic heterocycles. The van der Waals surface area contributed by atoms with Crippen molar-refractivity contribution in [2.24, 2.45) is 0 Å². The van der Waals surface area contributed by atoms with Crippen molar-refractivity contribution in [2.75, 3.05) is 17.2 Å². The van der Waals surface area contributed by atoms with Crippen LogP contribution in [0.5, 0.6) is 0 Å². The van der Waals surface area contributed by atoms with Crippen LogP contribution in [0.15, 0.2) is 72.8 Å². The highest BCUT2D eigenvalue weighted by Crippen LogP contribution is 2.27. The van der Waals surface area contributed by atoms with E-state index in [0.717, 1.165) is 22.9 Å². The number of carbonyl (C=O) groups excluding carboxylic acids is 1. The summed E-state index contributed by atoms with van der Waals surface area (Å²) >= 11 is 5.92. The van der Waals surface area contributed by atoms with Gasteiger partial charge in [0, 0.05) is 11.3 Å². The van der Waals surface area contributed by atoms with Gasteiger partial charge >= 0.3 is 0 Å². The van der Waals surface area contributed by atoms with E-state index in [1.807, 2.05) is 54.6 Å². The van der Waals surface area contributed by atoms with E-state index in [1.165, 1.54) is 12.1 Å². The molecule has 126 valence electrons. The van der Waals surface area contributed by atoms with Crippen molar-refractivity contribution in [1.82, 2.24) is 0 Å². The van der Waals surface area contributed by atoms with E-state index in [4.69, 9.17) is 11.6 Å². The highest BCUT2D eigenvalue weighted by atomic mass is 35.5. The molecule has 0 aliphatic carbocycles. The van der Waals surface area contributed by atoms with Crippen molar-refractivity contribution < 1.29 is 9.18 Å². The predicted molar refractivity (Wildman–Crippen MR) is 100 cm³/mol. The molecular weight excluding hydrogens is 339 g/mol. The monoisotopic (exact) mass is 354 g/mol. The van der Waals surface area contributed by atoms with Crippen LogP contribution in [-0.4, -0.2) is 12.5 Å². The lowest BCUT2D eigenvalue weighted by Gasteiger charge is -2.13. The van der Waals surface area contributed by atoms with Crippen LogP contribution >= 0.6 is 11.6 Å². The molecule has 3 aromatic rings. The van der Waals surface area contributed by atoms with Gasteiger partial charge in [0.2, 0.25) is 5.91 Å². The number of nitrogens with one attached hydrogen (secondary N) is 2. The van der Waals surface area contributed by atoms with Crippen LogP contribution in [0.3, 0.4) is 0 Å². The topological polar surface area (TPSA) is 41.1 Å². The lowest BCUT2D eigenvalue weighted by Crippen LogP contribution is -2.22. The zero-order valence-electron chi connectivity index (χ0n) is 13.3. The summed E-state index contributed by atoms with van der Waals surface area (Å²) in [7, 11) is 0. The lowest BCUT2D eigenvalue weighted by atomic mass is 10.0. The van der Waals surface area contributed by atoms with Gasteiger partial charge in [-0.1, -0.05) is 60.1 Å². The van der Waals surface area contributed by atoms with E-state index >= 15 is 0 Å². The van der Waals surface area contributed by atoms with Gasteiger partial charge in [-0.2, -0.15) is 0 Å². The molecule has 0 aliphatic rings. The average Bonchev–Trinajstić information content (AvgIpc) is 2.63. The Labute approximate surface area is 150 Å². The first-order chi connectivity index (χ1) is 12.1. The second-order valence-corrected chi connectivity index (χ2v) is 5.84. The average molecular weight is 355 g/mol. The number of carbonyl (C=O) groups is 1. The van der Waals surface area contributed by atoms with Crippen LogP contribution in [0.2, 0.25) is 5.02 Å². The fraction of sp³-hybridized carbons (Fsp3) is 0.0500. The second-order valence-electron chi connectivity index (χ2n) is 5.44. The molecule has 25 heavy (non-hydrogen) atoms. The number of amides is 1. The van der Waals surface area contributed by atoms with Crippen LogP contribution in [-0.2, 0) is 4.79 Å². The molecule has 3 aromatic carbocycles. The molecule has 0 heterocycles. The van der Waals surface area contributed by atoms with Crippen LogP contribution in [0.1, 0.15) is 0 Å². The van der Waals surface area contributed by atoms with Gasteiger partial charge in [0.25, 0.3) is 0 Å². The first kappa shape index (κ1) is 17.0. The van der Waals surface area contributed by atoms with Crippen molar-refractivity contribution in [1.29, 1.82) is 0 Å². The smallest absolute Gasteiger partial charge is 0.243 e. The van der Waals surface area contributed by atoms with Crippen molar-refractivity contribution in [3.63, 3.8) is 0 Å². The van der Waals surface area contributed by atoms with Gasteiger partial charge in [0.15, 0.2) is 0 Å². The largest absolute Gasteiger partial charge is 0.376 e. The van der Waals surface area contributed by atoms with E-state index in [0.29, 0.717) is 5.69 Å². The first-order valence-corrected chi connectivity index (χ1v) is 8.14. The Morgan fingerprint density at radius 1 is 0.920 bits per heavy atom. The van der Waals surface area contributed by atoms with E-state index in [2.05, 4.69) is 10.6 Å². The summed E-state index contributed by atoms with van der Waals surface area (Å²) in [4.78, 5) is 12.1. The van der Waals surface area contributed by atoms with Crippen LogP contribution < -0.4 is 10.6 Å². The standard InChI is InChI=1S/C20H16ClFN2O/c21-17-12-15(22)10-11-19(17)24-20(25)13-23-18-9-5-4-8-16(18)14-6-2-1-3-7-14/h1-12,23H,13H2,(H,24,25). The number of hydrogen-bond acceptors (Lipinski definition) is 2. The summed E-state index contributed by atoms with van der Waals surface area (Å²) in [6.45, 7) is 0.0670. The summed E-state index contributed by atoms with van der Waals surface area (Å²) in [5.41, 5.74) is 3.31. The molecular formula is C20H16ClFN2O. The molecule has 1 amide bonds. The van der Waals surface area contributed by atoms with E-state index in [-0.39, 0.29) is 17.5 Å². The molecule has 0 bridgehead atoms. The number of para-hydroxylation sites is 1. The third kappa shape index (κ3) is 4.37. The number of halogens is 2. The SMILES string of the molecule is O=C(CNc1ccccc1-c1ccccc1)Nc1ccc(F)cc1Cl. The van der Waals surface area contributed by atoms with Crippen molar-refractivity contribution in [2.45, 2.75) is 0 Å². The molecule has 0 spiro atoms. The third-order valence-corrected chi connectivity index (χ3v) is 3.97. The van der Waals surface area contributed by atoms with E-state index in [1.54, 1.807) is 0 Å². The van der Waals surface area contributed by atoms with Gasteiger partial charge in [-0.15, -0.1) is 0 Å². The van der Waals surface area contributed by atoms with Gasteiger partial charge in [0.05, 0.1) is 17.3 Å². The van der Waals surface area contributed by atoms with Gasteiger partial charge in [-0.3, -0.25) is 4.79 Å². The normalized spacial score (nSPS) is 10.3. The van der Waals surface area contributed by atoms with Crippen LogP contribution in [0.25, 0.3) is 11.1 Å². The quantitative estimate of drug-likeness (QED) is 0.661. The minimum Gasteiger partial charge on any atom is -0.376 e. The van der Waals surface area contributed by atoms with Gasteiger partial charge in [-0.25, -0.2) is 4.39 Å². The molecule has 0 saturated heterocycles. The van der Waals surface area contributed by atoms with Crippen LogP contribution in [0.4, 0.5) is 15.8 Å². The maximum atomic E-state index is 13.1. The third-order valence-electron chi connectivity index (χ3n) is 3.66. The van der Waals surface area contributed by atoms with Crippen molar-refractivity contribution in [3.8, 4) is 11.1 Å². The lowest BCUT2D eigenvalue weighted by molar-refractivity contribution is -0.114.